The van der Waals surface area contributed by atoms with Crippen LogP contribution in [0.2, 0.25) is 0 Å². The normalized spacial score (nSPS) is 19.2. The number of hydrogen-bond donors (Lipinski definition) is 0. The minimum Gasteiger partial charge on any atom is -0.339 e. The Labute approximate surface area is 180 Å². The summed E-state index contributed by atoms with van der Waals surface area (Å²) >= 11 is 0. The number of pyridine rings is 1. The lowest BCUT2D eigenvalue weighted by Gasteiger charge is -2.32. The molecule has 30 heavy (non-hydrogen) atoms. The number of benzene rings is 1. The molecule has 5 heteroatoms. The van der Waals surface area contributed by atoms with E-state index in [0.29, 0.717) is 11.5 Å². The van der Waals surface area contributed by atoms with E-state index in [9.17, 15) is 4.79 Å². The number of aryl methyl sites for hydroxylation is 1. The number of carbonyl (C=O) groups is 1. The first kappa shape index (κ1) is 21.0. The minimum absolute atomic E-state index is 0.120. The summed E-state index contributed by atoms with van der Waals surface area (Å²) in [4.78, 5) is 23.9. The monoisotopic (exact) mass is 406 g/mol. The van der Waals surface area contributed by atoms with Gasteiger partial charge in [-0.25, -0.2) is 0 Å². The zero-order valence-corrected chi connectivity index (χ0v) is 18.4. The Hall–Kier alpha value is -2.24. The Morgan fingerprint density at radius 1 is 0.933 bits per heavy atom. The molecule has 0 atom stereocenters. The highest BCUT2D eigenvalue weighted by atomic mass is 16.2. The van der Waals surface area contributed by atoms with E-state index in [4.69, 9.17) is 0 Å². The fraction of sp³-hybridized carbons (Fsp3) is 0.520. The van der Waals surface area contributed by atoms with Crippen molar-refractivity contribution >= 4 is 5.91 Å². The lowest BCUT2D eigenvalue weighted by atomic mass is 9.89. The van der Waals surface area contributed by atoms with Crippen molar-refractivity contribution in [1.29, 1.82) is 0 Å². The fourth-order valence-electron chi connectivity index (χ4n) is 4.50. The van der Waals surface area contributed by atoms with Crippen LogP contribution < -0.4 is 0 Å². The first-order valence-corrected chi connectivity index (χ1v) is 11.3. The van der Waals surface area contributed by atoms with Gasteiger partial charge < -0.3 is 9.80 Å². The molecule has 1 aromatic heterocycles. The molecule has 4 rings (SSSR count). The van der Waals surface area contributed by atoms with E-state index < -0.39 is 0 Å². The molecular formula is C25H34N4O. The van der Waals surface area contributed by atoms with Crippen LogP contribution in [0.25, 0.3) is 0 Å². The van der Waals surface area contributed by atoms with Crippen LogP contribution in [0.3, 0.4) is 0 Å². The summed E-state index contributed by atoms with van der Waals surface area (Å²) in [5, 5.41) is 0. The molecule has 0 saturated carbocycles. The number of carbonyl (C=O) groups excluding carboxylic acids is 1. The first-order chi connectivity index (χ1) is 14.6. The summed E-state index contributed by atoms with van der Waals surface area (Å²) in [6, 6.07) is 13.0. The molecule has 2 aliphatic rings. The molecule has 1 aromatic carbocycles. The van der Waals surface area contributed by atoms with E-state index in [1.54, 1.807) is 6.20 Å². The molecular weight excluding hydrogens is 372 g/mol. The van der Waals surface area contributed by atoms with E-state index >= 15 is 0 Å². The number of piperazine rings is 1. The molecule has 1 amide bonds. The Kier molecular flexibility index (Phi) is 6.80. The minimum atomic E-state index is 0.120. The largest absolute Gasteiger partial charge is 0.339 e. The van der Waals surface area contributed by atoms with Crippen LogP contribution in [0.15, 0.2) is 42.6 Å². The molecule has 2 aromatic rings. The number of hydrogen-bond acceptors (Lipinski definition) is 4. The van der Waals surface area contributed by atoms with Crippen LogP contribution in [0, 0.1) is 12.8 Å². The maximum Gasteiger partial charge on any atom is 0.255 e. The number of nitrogens with zero attached hydrogens (tertiary/aromatic N) is 4. The number of likely N-dealkylation sites (tertiary alicyclic amines) is 1. The topological polar surface area (TPSA) is 39.7 Å². The first-order valence-electron chi connectivity index (χ1n) is 11.3. The van der Waals surface area contributed by atoms with Gasteiger partial charge in [0.15, 0.2) is 0 Å². The number of piperidine rings is 1. The molecule has 3 heterocycles. The zero-order chi connectivity index (χ0) is 20.9. The molecule has 160 valence electrons. The van der Waals surface area contributed by atoms with Crippen LogP contribution in [0.1, 0.15) is 40.0 Å². The van der Waals surface area contributed by atoms with Gasteiger partial charge in [0.1, 0.15) is 0 Å². The van der Waals surface area contributed by atoms with Crippen LogP contribution in [0.4, 0.5) is 0 Å². The standard InChI is InChI=1S/C25H34N4O/c1-20-3-8-24(18-26-20)25(30)29-11-9-22(10-12-29)17-21-4-6-23(7-5-21)19-28-15-13-27(2)14-16-28/h3-8,18,22H,9-17,19H2,1-2H3. The van der Waals surface area contributed by atoms with Crippen molar-refractivity contribution in [3.8, 4) is 0 Å². The van der Waals surface area contributed by atoms with Crippen molar-refractivity contribution in [3.05, 3.63) is 65.0 Å². The van der Waals surface area contributed by atoms with Gasteiger partial charge in [0.2, 0.25) is 0 Å². The maximum absolute atomic E-state index is 12.7. The van der Waals surface area contributed by atoms with E-state index in [1.165, 1.54) is 24.2 Å². The predicted molar refractivity (Wildman–Crippen MR) is 121 cm³/mol. The smallest absolute Gasteiger partial charge is 0.255 e. The van der Waals surface area contributed by atoms with Crippen molar-refractivity contribution in [2.24, 2.45) is 5.92 Å². The molecule has 2 saturated heterocycles. The van der Waals surface area contributed by atoms with Gasteiger partial charge in [-0.3, -0.25) is 14.7 Å². The molecule has 0 unspecified atom stereocenters. The number of aromatic nitrogens is 1. The molecule has 0 bridgehead atoms. The average Bonchev–Trinajstić information content (AvgIpc) is 2.77. The summed E-state index contributed by atoms with van der Waals surface area (Å²) in [5.41, 5.74) is 4.48. The van der Waals surface area contributed by atoms with Crippen molar-refractivity contribution in [2.45, 2.75) is 32.7 Å². The number of likely N-dealkylation sites (N-methyl/N-ethyl adjacent to an activating group) is 1. The van der Waals surface area contributed by atoms with Crippen molar-refractivity contribution in [2.75, 3.05) is 46.3 Å². The number of amides is 1. The van der Waals surface area contributed by atoms with Gasteiger partial charge in [-0.05, 0) is 62.4 Å². The second kappa shape index (κ2) is 9.71. The van der Waals surface area contributed by atoms with E-state index in [-0.39, 0.29) is 5.91 Å². The molecule has 2 fully saturated rings. The van der Waals surface area contributed by atoms with Gasteiger partial charge in [0, 0.05) is 57.7 Å². The third-order valence-electron chi connectivity index (χ3n) is 6.61. The van der Waals surface area contributed by atoms with Crippen molar-refractivity contribution < 1.29 is 4.79 Å². The fourth-order valence-corrected chi connectivity index (χ4v) is 4.50. The van der Waals surface area contributed by atoms with E-state index in [1.807, 2.05) is 24.0 Å². The van der Waals surface area contributed by atoms with Crippen LogP contribution in [-0.2, 0) is 13.0 Å². The summed E-state index contributed by atoms with van der Waals surface area (Å²) in [5.74, 6) is 0.780. The molecule has 2 aliphatic heterocycles. The molecule has 0 aliphatic carbocycles. The van der Waals surface area contributed by atoms with Crippen LogP contribution in [-0.4, -0.2) is 71.9 Å². The lowest BCUT2D eigenvalue weighted by Crippen LogP contribution is -2.43. The SMILES string of the molecule is Cc1ccc(C(=O)N2CCC(Cc3ccc(CN4CCN(C)CC4)cc3)CC2)cn1. The van der Waals surface area contributed by atoms with Crippen molar-refractivity contribution in [1.82, 2.24) is 19.7 Å². The van der Waals surface area contributed by atoms with Gasteiger partial charge >= 0.3 is 0 Å². The summed E-state index contributed by atoms with van der Waals surface area (Å²) < 4.78 is 0. The third-order valence-corrected chi connectivity index (χ3v) is 6.61. The van der Waals surface area contributed by atoms with Crippen LogP contribution in [0.5, 0.6) is 0 Å². The van der Waals surface area contributed by atoms with E-state index in [2.05, 4.69) is 46.1 Å². The Bertz CT molecular complexity index is 817. The summed E-state index contributed by atoms with van der Waals surface area (Å²) in [7, 11) is 2.20. The quantitative estimate of drug-likeness (QED) is 0.764. The Balaban J connectivity index is 1.24. The summed E-state index contributed by atoms with van der Waals surface area (Å²) in [6.07, 6.45) is 4.97. The Morgan fingerprint density at radius 2 is 1.60 bits per heavy atom. The van der Waals surface area contributed by atoms with Gasteiger partial charge in [0.25, 0.3) is 5.91 Å². The summed E-state index contributed by atoms with van der Waals surface area (Å²) in [6.45, 7) is 9.35. The third kappa shape index (κ3) is 5.46. The maximum atomic E-state index is 12.7. The predicted octanol–water partition coefficient (Wildman–Crippen LogP) is 3.23. The average molecular weight is 407 g/mol. The van der Waals surface area contributed by atoms with Gasteiger partial charge in [-0.15, -0.1) is 0 Å². The number of rotatable bonds is 5. The molecule has 0 spiro atoms. The Morgan fingerprint density at radius 3 is 2.23 bits per heavy atom. The van der Waals surface area contributed by atoms with Crippen molar-refractivity contribution in [3.63, 3.8) is 0 Å². The highest BCUT2D eigenvalue weighted by Gasteiger charge is 2.24. The molecule has 0 radical (unpaired) electrons. The van der Waals surface area contributed by atoms with Crippen LogP contribution >= 0.6 is 0 Å². The highest BCUT2D eigenvalue weighted by Crippen LogP contribution is 2.23. The van der Waals surface area contributed by atoms with Gasteiger partial charge in [0.05, 0.1) is 5.56 Å². The second-order valence-electron chi connectivity index (χ2n) is 9.02. The molecule has 0 N–H and O–H groups in total. The van der Waals surface area contributed by atoms with Gasteiger partial charge in [-0.2, -0.15) is 0 Å². The molecule has 5 nitrogen and oxygen atoms in total. The lowest BCUT2D eigenvalue weighted by molar-refractivity contribution is 0.0690. The second-order valence-corrected chi connectivity index (χ2v) is 9.02. The van der Waals surface area contributed by atoms with Gasteiger partial charge in [-0.1, -0.05) is 24.3 Å². The highest BCUT2D eigenvalue weighted by molar-refractivity contribution is 5.93. The zero-order valence-electron chi connectivity index (χ0n) is 18.4. The van der Waals surface area contributed by atoms with E-state index in [0.717, 1.165) is 57.7 Å².